The molecule has 0 aliphatic carbocycles. The summed E-state index contributed by atoms with van der Waals surface area (Å²) in [7, 11) is 0. The minimum Gasteiger partial charge on any atom is -0.507 e. The molecule has 0 saturated heterocycles. The van der Waals surface area contributed by atoms with E-state index < -0.39 is 11.6 Å². The van der Waals surface area contributed by atoms with Gasteiger partial charge in [0.25, 0.3) is 0 Å². The zero-order valence-electron chi connectivity index (χ0n) is 8.86. The molecule has 1 nitrogen and oxygen atoms in total. The maximum absolute atomic E-state index is 12.9. The Balaban J connectivity index is 2.10. The number of hydrogen-bond acceptors (Lipinski definition) is 2. The minimum absolute atomic E-state index is 0.175. The fourth-order valence-corrected chi connectivity index (χ4v) is 2.31. The topological polar surface area (TPSA) is 20.2 Å². The Morgan fingerprint density at radius 3 is 2.29 bits per heavy atom. The lowest BCUT2D eigenvalue weighted by molar-refractivity contribution is 0.462. The van der Waals surface area contributed by atoms with Crippen LogP contribution in [0.15, 0.2) is 47.4 Å². The Bertz CT molecular complexity index is 508. The van der Waals surface area contributed by atoms with Gasteiger partial charge in [-0.1, -0.05) is 12.1 Å². The SMILES string of the molecule is Oc1ccccc1SCc1cc(F)cc(F)c1. The molecule has 0 aliphatic rings. The highest BCUT2D eigenvalue weighted by molar-refractivity contribution is 7.98. The Morgan fingerprint density at radius 1 is 1.00 bits per heavy atom. The van der Waals surface area contributed by atoms with Crippen molar-refractivity contribution in [3.8, 4) is 5.75 Å². The second-order valence-electron chi connectivity index (χ2n) is 3.53. The van der Waals surface area contributed by atoms with Gasteiger partial charge in [-0.25, -0.2) is 8.78 Å². The molecule has 2 aromatic carbocycles. The van der Waals surface area contributed by atoms with E-state index in [1.807, 2.05) is 0 Å². The number of phenolic OH excluding ortho intramolecular Hbond substituents is 1. The Morgan fingerprint density at radius 2 is 1.65 bits per heavy atom. The predicted octanol–water partition coefficient (Wildman–Crippen LogP) is 3.96. The Kier molecular flexibility index (Phi) is 3.64. The van der Waals surface area contributed by atoms with Crippen LogP contribution in [-0.2, 0) is 5.75 Å². The molecule has 0 saturated carbocycles. The highest BCUT2D eigenvalue weighted by Gasteiger charge is 2.04. The number of hydrogen-bond donors (Lipinski definition) is 1. The summed E-state index contributed by atoms with van der Waals surface area (Å²) < 4.78 is 25.9. The van der Waals surface area contributed by atoms with Gasteiger partial charge in [-0.05, 0) is 29.8 Å². The van der Waals surface area contributed by atoms with Crippen molar-refractivity contribution in [2.24, 2.45) is 0 Å². The third-order valence-corrected chi connectivity index (χ3v) is 3.32. The number of halogens is 2. The summed E-state index contributed by atoms with van der Waals surface area (Å²) in [6.45, 7) is 0. The normalized spacial score (nSPS) is 10.5. The second-order valence-corrected chi connectivity index (χ2v) is 4.55. The van der Waals surface area contributed by atoms with Gasteiger partial charge in [-0.2, -0.15) is 0 Å². The number of thioether (sulfide) groups is 1. The average Bonchev–Trinajstić information content (AvgIpc) is 2.27. The number of rotatable bonds is 3. The first-order valence-corrected chi connectivity index (χ1v) is 5.99. The maximum atomic E-state index is 12.9. The van der Waals surface area contributed by atoms with Crippen LogP contribution in [0.2, 0.25) is 0 Å². The Labute approximate surface area is 102 Å². The van der Waals surface area contributed by atoms with Crippen LogP contribution in [0.25, 0.3) is 0 Å². The van der Waals surface area contributed by atoms with Crippen LogP contribution < -0.4 is 0 Å². The number of phenols is 1. The van der Waals surface area contributed by atoms with Gasteiger partial charge in [0.15, 0.2) is 0 Å². The van der Waals surface area contributed by atoms with Crippen molar-refractivity contribution in [2.75, 3.05) is 0 Å². The fraction of sp³-hybridized carbons (Fsp3) is 0.0769. The summed E-state index contributed by atoms with van der Waals surface area (Å²) in [5, 5.41) is 9.53. The fourth-order valence-electron chi connectivity index (χ4n) is 1.43. The predicted molar refractivity (Wildman–Crippen MR) is 64.0 cm³/mol. The summed E-state index contributed by atoms with van der Waals surface area (Å²) in [4.78, 5) is 0.692. The molecule has 0 unspecified atom stereocenters. The summed E-state index contributed by atoms with van der Waals surface area (Å²) in [5.41, 5.74) is 0.552. The van der Waals surface area contributed by atoms with Crippen LogP contribution in [0.1, 0.15) is 5.56 Å². The van der Waals surface area contributed by atoms with Crippen LogP contribution >= 0.6 is 11.8 Å². The van der Waals surface area contributed by atoms with Crippen molar-refractivity contribution in [1.82, 2.24) is 0 Å². The zero-order chi connectivity index (χ0) is 12.3. The lowest BCUT2D eigenvalue weighted by Crippen LogP contribution is -1.86. The number of benzene rings is 2. The minimum atomic E-state index is -0.585. The van der Waals surface area contributed by atoms with E-state index >= 15 is 0 Å². The first-order valence-electron chi connectivity index (χ1n) is 5.01. The van der Waals surface area contributed by atoms with Gasteiger partial charge in [0.05, 0.1) is 0 Å². The molecule has 0 amide bonds. The van der Waals surface area contributed by atoms with E-state index in [0.29, 0.717) is 16.2 Å². The van der Waals surface area contributed by atoms with Crippen LogP contribution in [0, 0.1) is 11.6 Å². The molecule has 0 heterocycles. The second kappa shape index (κ2) is 5.19. The molecule has 0 fully saturated rings. The number of aromatic hydroxyl groups is 1. The summed E-state index contributed by atoms with van der Waals surface area (Å²) in [5.74, 6) is -0.586. The molecule has 0 atom stereocenters. The van der Waals surface area contributed by atoms with Crippen LogP contribution in [0.3, 0.4) is 0 Å². The van der Waals surface area contributed by atoms with Gasteiger partial charge in [0.2, 0.25) is 0 Å². The average molecular weight is 252 g/mol. The van der Waals surface area contributed by atoms with Gasteiger partial charge >= 0.3 is 0 Å². The first kappa shape index (κ1) is 11.9. The zero-order valence-corrected chi connectivity index (χ0v) is 9.68. The molecule has 0 radical (unpaired) electrons. The smallest absolute Gasteiger partial charge is 0.129 e. The van der Waals surface area contributed by atoms with E-state index in [0.717, 1.165) is 6.07 Å². The quantitative estimate of drug-likeness (QED) is 0.834. The van der Waals surface area contributed by atoms with Crippen molar-refractivity contribution in [3.05, 3.63) is 59.7 Å². The molecule has 0 bridgehead atoms. The van der Waals surface area contributed by atoms with E-state index in [4.69, 9.17) is 0 Å². The molecule has 2 aromatic rings. The van der Waals surface area contributed by atoms with Gasteiger partial charge in [-0.3, -0.25) is 0 Å². The molecule has 1 N–H and O–H groups in total. The van der Waals surface area contributed by atoms with E-state index in [9.17, 15) is 13.9 Å². The largest absolute Gasteiger partial charge is 0.507 e. The summed E-state index contributed by atoms with van der Waals surface area (Å²) >= 11 is 1.33. The van der Waals surface area contributed by atoms with Crippen molar-refractivity contribution in [3.63, 3.8) is 0 Å². The maximum Gasteiger partial charge on any atom is 0.129 e. The third-order valence-electron chi connectivity index (χ3n) is 2.18. The molecule has 0 spiro atoms. The molecular weight excluding hydrogens is 242 g/mol. The van der Waals surface area contributed by atoms with E-state index in [1.54, 1.807) is 24.3 Å². The van der Waals surface area contributed by atoms with Crippen molar-refractivity contribution in [1.29, 1.82) is 0 Å². The standard InChI is InChI=1S/C13H10F2OS/c14-10-5-9(6-11(15)7-10)8-17-13-4-2-1-3-12(13)16/h1-7,16H,8H2. The van der Waals surface area contributed by atoms with Crippen LogP contribution in [0.5, 0.6) is 5.75 Å². The Hall–Kier alpha value is -1.55. The van der Waals surface area contributed by atoms with E-state index in [2.05, 4.69) is 0 Å². The molecule has 4 heteroatoms. The first-order chi connectivity index (χ1) is 8.15. The molecule has 2 rings (SSSR count). The lowest BCUT2D eigenvalue weighted by atomic mass is 10.2. The van der Waals surface area contributed by atoms with E-state index in [1.165, 1.54) is 23.9 Å². The van der Waals surface area contributed by atoms with Gasteiger partial charge in [0.1, 0.15) is 17.4 Å². The van der Waals surface area contributed by atoms with Gasteiger partial charge in [-0.15, -0.1) is 11.8 Å². The third kappa shape index (κ3) is 3.20. The van der Waals surface area contributed by atoms with Gasteiger partial charge < -0.3 is 5.11 Å². The summed E-state index contributed by atoms with van der Waals surface area (Å²) in [6.07, 6.45) is 0. The van der Waals surface area contributed by atoms with E-state index in [-0.39, 0.29) is 5.75 Å². The van der Waals surface area contributed by atoms with Crippen molar-refractivity contribution in [2.45, 2.75) is 10.6 Å². The summed E-state index contributed by atoms with van der Waals surface area (Å²) in [6, 6.07) is 10.3. The molecule has 88 valence electrons. The number of para-hydroxylation sites is 1. The molecule has 0 aromatic heterocycles. The van der Waals surface area contributed by atoms with Crippen molar-refractivity contribution < 1.29 is 13.9 Å². The van der Waals surface area contributed by atoms with Crippen LogP contribution in [0.4, 0.5) is 8.78 Å². The van der Waals surface area contributed by atoms with Crippen LogP contribution in [-0.4, -0.2) is 5.11 Å². The monoisotopic (exact) mass is 252 g/mol. The highest BCUT2D eigenvalue weighted by Crippen LogP contribution is 2.30. The molecular formula is C13H10F2OS. The molecule has 17 heavy (non-hydrogen) atoms. The van der Waals surface area contributed by atoms with Crippen molar-refractivity contribution >= 4 is 11.8 Å². The van der Waals surface area contributed by atoms with Gasteiger partial charge in [0, 0.05) is 16.7 Å². The lowest BCUT2D eigenvalue weighted by Gasteiger charge is -2.04. The molecule has 0 aliphatic heterocycles. The highest BCUT2D eigenvalue weighted by atomic mass is 32.2.